The van der Waals surface area contributed by atoms with Crippen LogP contribution in [0, 0.1) is 0 Å². The van der Waals surface area contributed by atoms with E-state index in [2.05, 4.69) is 10.9 Å². The number of amides is 3. The summed E-state index contributed by atoms with van der Waals surface area (Å²) in [5.74, 6) is -1.21. The topological polar surface area (TPSA) is 108 Å². The lowest BCUT2D eigenvalue weighted by atomic mass is 10.2. The van der Waals surface area contributed by atoms with Gasteiger partial charge in [-0.2, -0.15) is 0 Å². The van der Waals surface area contributed by atoms with Gasteiger partial charge in [0.05, 0.1) is 17.1 Å². The van der Waals surface area contributed by atoms with Crippen molar-refractivity contribution in [1.82, 2.24) is 15.8 Å². The van der Waals surface area contributed by atoms with E-state index in [9.17, 15) is 19.5 Å². The Morgan fingerprint density at radius 3 is 2.55 bits per heavy atom. The lowest BCUT2D eigenvalue weighted by Gasteiger charge is -2.14. The van der Waals surface area contributed by atoms with E-state index in [1.165, 1.54) is 12.1 Å². The first-order valence-electron chi connectivity index (χ1n) is 9.24. The monoisotopic (exact) mass is 457 g/mol. The first-order chi connectivity index (χ1) is 14.9. The number of thioether (sulfide) groups is 1. The number of carbonyl (C=O) groups is 3. The molecule has 10 heteroatoms. The first-order valence-corrected chi connectivity index (χ1v) is 10.5. The number of nitrogens with zero attached hydrogens (tertiary/aromatic N) is 1. The van der Waals surface area contributed by atoms with Crippen LogP contribution in [0.3, 0.4) is 0 Å². The van der Waals surface area contributed by atoms with Gasteiger partial charge in [0.2, 0.25) is 0 Å². The zero-order valence-electron chi connectivity index (χ0n) is 16.5. The van der Waals surface area contributed by atoms with Crippen LogP contribution in [-0.2, 0) is 9.59 Å². The summed E-state index contributed by atoms with van der Waals surface area (Å²) in [6.45, 7) is 2.10. The highest BCUT2D eigenvalue weighted by Gasteiger charge is 2.33. The number of hydrogen-bond acceptors (Lipinski definition) is 7. The van der Waals surface area contributed by atoms with Crippen LogP contribution in [0.4, 0.5) is 0 Å². The van der Waals surface area contributed by atoms with Gasteiger partial charge in [0, 0.05) is 0 Å². The molecular weight excluding hydrogens is 438 g/mol. The van der Waals surface area contributed by atoms with Crippen LogP contribution in [0.2, 0.25) is 0 Å². The number of thiocarbonyl (C=S) groups is 1. The molecule has 0 spiro atoms. The fourth-order valence-corrected chi connectivity index (χ4v) is 3.91. The molecule has 1 aliphatic heterocycles. The Kier molecular flexibility index (Phi) is 7.27. The van der Waals surface area contributed by atoms with E-state index in [0.29, 0.717) is 11.5 Å². The van der Waals surface area contributed by atoms with E-state index in [1.807, 2.05) is 19.1 Å². The summed E-state index contributed by atoms with van der Waals surface area (Å²) in [4.78, 5) is 38.4. The molecule has 1 fully saturated rings. The highest BCUT2D eigenvalue weighted by molar-refractivity contribution is 8.26. The molecule has 3 rings (SSSR count). The maximum Gasteiger partial charge on any atom is 0.273 e. The third kappa shape index (κ3) is 5.62. The predicted octanol–water partition coefficient (Wildman–Crippen LogP) is 2.45. The Hall–Kier alpha value is -3.37. The van der Waals surface area contributed by atoms with Gasteiger partial charge in [0.15, 0.2) is 0 Å². The smallest absolute Gasteiger partial charge is 0.273 e. The van der Waals surface area contributed by atoms with Crippen molar-refractivity contribution in [3.05, 3.63) is 64.6 Å². The average Bonchev–Trinajstić information content (AvgIpc) is 3.01. The van der Waals surface area contributed by atoms with Gasteiger partial charge in [-0.3, -0.25) is 30.1 Å². The van der Waals surface area contributed by atoms with Gasteiger partial charge in [-0.1, -0.05) is 48.2 Å². The number of aromatic hydroxyl groups is 1. The van der Waals surface area contributed by atoms with Crippen molar-refractivity contribution in [3.8, 4) is 11.5 Å². The largest absolute Gasteiger partial charge is 0.507 e. The Morgan fingerprint density at radius 2 is 1.87 bits per heavy atom. The second kappa shape index (κ2) is 10.1. The third-order valence-electron chi connectivity index (χ3n) is 4.13. The summed E-state index contributed by atoms with van der Waals surface area (Å²) in [7, 11) is 0. The molecule has 0 radical (unpaired) electrons. The van der Waals surface area contributed by atoms with E-state index in [0.717, 1.165) is 28.0 Å². The molecule has 31 heavy (non-hydrogen) atoms. The van der Waals surface area contributed by atoms with Crippen LogP contribution < -0.4 is 15.6 Å². The van der Waals surface area contributed by atoms with Gasteiger partial charge in [0.1, 0.15) is 22.4 Å². The molecule has 3 amide bonds. The number of phenols is 1. The molecule has 0 saturated carbocycles. The second-order valence-corrected chi connectivity index (χ2v) is 7.97. The van der Waals surface area contributed by atoms with Crippen molar-refractivity contribution in [2.75, 3.05) is 13.2 Å². The molecular formula is C21H19N3O5S2. The van der Waals surface area contributed by atoms with Crippen LogP contribution in [0.5, 0.6) is 11.5 Å². The molecule has 1 heterocycles. The van der Waals surface area contributed by atoms with E-state index in [-0.39, 0.29) is 22.2 Å². The lowest BCUT2D eigenvalue weighted by molar-refractivity contribution is -0.129. The number of carbonyl (C=O) groups excluding carboxylic acids is 3. The zero-order valence-corrected chi connectivity index (χ0v) is 18.1. The molecule has 1 saturated heterocycles. The number of nitrogens with one attached hydrogen (secondary N) is 2. The Labute approximate surface area is 188 Å². The van der Waals surface area contributed by atoms with Gasteiger partial charge < -0.3 is 9.84 Å². The van der Waals surface area contributed by atoms with Gasteiger partial charge in [-0.25, -0.2) is 0 Å². The summed E-state index contributed by atoms with van der Waals surface area (Å²) >= 11 is 6.31. The quantitative estimate of drug-likeness (QED) is 0.347. The summed E-state index contributed by atoms with van der Waals surface area (Å²) in [6.07, 6.45) is 1.69. The summed E-state index contributed by atoms with van der Waals surface area (Å²) in [5, 5.41) is 9.68. The van der Waals surface area contributed by atoms with Crippen LogP contribution >= 0.6 is 24.0 Å². The number of hydrazine groups is 1. The molecule has 160 valence electrons. The van der Waals surface area contributed by atoms with Crippen molar-refractivity contribution in [1.29, 1.82) is 0 Å². The van der Waals surface area contributed by atoms with E-state index < -0.39 is 17.7 Å². The van der Waals surface area contributed by atoms with Crippen LogP contribution in [0.1, 0.15) is 22.8 Å². The SMILES string of the molecule is CCOc1ccc(C=C2SC(=S)N(CC(=O)NNC(=O)c3ccccc3O)C2=O)cc1. The lowest BCUT2D eigenvalue weighted by Crippen LogP contribution is -2.47. The minimum absolute atomic E-state index is 0.00620. The number of phenolic OH excluding ortho intramolecular Hbond substituents is 1. The summed E-state index contributed by atoms with van der Waals surface area (Å²) in [5.41, 5.74) is 5.21. The first kappa shape index (κ1) is 22.3. The van der Waals surface area contributed by atoms with E-state index in [1.54, 1.807) is 30.3 Å². The average molecular weight is 458 g/mol. The fraction of sp³-hybridized carbons (Fsp3) is 0.143. The molecule has 0 aliphatic carbocycles. The van der Waals surface area contributed by atoms with Crippen molar-refractivity contribution in [2.24, 2.45) is 0 Å². The second-order valence-electron chi connectivity index (χ2n) is 6.29. The predicted molar refractivity (Wildman–Crippen MR) is 121 cm³/mol. The van der Waals surface area contributed by atoms with E-state index in [4.69, 9.17) is 17.0 Å². The Bertz CT molecular complexity index is 1050. The molecule has 1 aliphatic rings. The van der Waals surface area contributed by atoms with Crippen molar-refractivity contribution >= 4 is 52.1 Å². The number of hydrogen-bond donors (Lipinski definition) is 3. The van der Waals surface area contributed by atoms with Crippen molar-refractivity contribution < 1.29 is 24.2 Å². The Balaban J connectivity index is 1.58. The molecule has 0 atom stereocenters. The number of para-hydroxylation sites is 1. The maximum absolute atomic E-state index is 12.7. The summed E-state index contributed by atoms with van der Waals surface area (Å²) in [6, 6.07) is 13.1. The van der Waals surface area contributed by atoms with Gasteiger partial charge in [-0.15, -0.1) is 0 Å². The highest BCUT2D eigenvalue weighted by atomic mass is 32.2. The highest BCUT2D eigenvalue weighted by Crippen LogP contribution is 2.32. The molecule has 0 aromatic heterocycles. The minimum Gasteiger partial charge on any atom is -0.507 e. The zero-order chi connectivity index (χ0) is 22.4. The minimum atomic E-state index is -0.688. The number of rotatable bonds is 6. The Morgan fingerprint density at radius 1 is 1.16 bits per heavy atom. The number of ether oxygens (including phenoxy) is 1. The van der Waals surface area contributed by atoms with Gasteiger partial charge in [0.25, 0.3) is 17.7 Å². The number of benzene rings is 2. The van der Waals surface area contributed by atoms with Gasteiger partial charge >= 0.3 is 0 Å². The molecule has 3 N–H and O–H groups in total. The van der Waals surface area contributed by atoms with Crippen LogP contribution in [0.15, 0.2) is 53.4 Å². The fourth-order valence-electron chi connectivity index (χ4n) is 2.66. The van der Waals surface area contributed by atoms with Crippen LogP contribution in [0.25, 0.3) is 6.08 Å². The molecule has 2 aromatic rings. The van der Waals surface area contributed by atoms with Crippen LogP contribution in [-0.4, -0.2) is 45.2 Å². The summed E-state index contributed by atoms with van der Waals surface area (Å²) < 4.78 is 5.63. The third-order valence-corrected chi connectivity index (χ3v) is 5.51. The normalized spacial score (nSPS) is 14.6. The molecule has 8 nitrogen and oxygen atoms in total. The molecule has 0 bridgehead atoms. The standard InChI is InChI=1S/C21H19N3O5S2/c1-2-29-14-9-7-13(8-10-14)11-17-20(28)24(21(30)31-17)12-18(26)22-23-19(27)15-5-3-4-6-16(15)25/h3-11,25H,2,12H2,1H3,(H,22,26)(H,23,27). The van der Waals surface area contributed by atoms with Gasteiger partial charge in [-0.05, 0) is 42.8 Å². The van der Waals surface area contributed by atoms with E-state index >= 15 is 0 Å². The van der Waals surface area contributed by atoms with Crippen molar-refractivity contribution in [3.63, 3.8) is 0 Å². The molecule has 0 unspecified atom stereocenters. The van der Waals surface area contributed by atoms with Crippen molar-refractivity contribution in [2.45, 2.75) is 6.92 Å². The maximum atomic E-state index is 12.7. The molecule has 2 aromatic carbocycles.